The van der Waals surface area contributed by atoms with Gasteiger partial charge in [0.2, 0.25) is 0 Å². The van der Waals surface area contributed by atoms with E-state index in [1.165, 1.54) is 6.07 Å². The van der Waals surface area contributed by atoms with Gasteiger partial charge in [0.25, 0.3) is 0 Å². The Morgan fingerprint density at radius 3 is 2.74 bits per heavy atom. The lowest BCUT2D eigenvalue weighted by atomic mass is 10.2. The van der Waals surface area contributed by atoms with Gasteiger partial charge in [0.15, 0.2) is 0 Å². The Balaban J connectivity index is 2.27. The Hall–Kier alpha value is -2.69. The molecule has 0 unspecified atom stereocenters. The van der Waals surface area contributed by atoms with Crippen LogP contribution in [-0.2, 0) is 0 Å². The molecule has 94 valence electrons. The average molecular weight is 253 g/mol. The Morgan fingerprint density at radius 2 is 2.00 bits per heavy atom. The van der Waals surface area contributed by atoms with Gasteiger partial charge in [-0.05, 0) is 36.8 Å². The highest BCUT2D eigenvalue weighted by Gasteiger charge is 2.14. The maximum atomic E-state index is 11.1. The summed E-state index contributed by atoms with van der Waals surface area (Å²) in [7, 11) is 0. The molecule has 0 amide bonds. The predicted octanol–water partition coefficient (Wildman–Crippen LogP) is 2.43. The van der Waals surface area contributed by atoms with Crippen molar-refractivity contribution in [3.8, 4) is 5.69 Å². The molecule has 0 fully saturated rings. The first-order valence-corrected chi connectivity index (χ1v) is 5.81. The van der Waals surface area contributed by atoms with Gasteiger partial charge in [-0.2, -0.15) is 0 Å². The van der Waals surface area contributed by atoms with Gasteiger partial charge >= 0.3 is 5.97 Å². The van der Waals surface area contributed by atoms with E-state index in [4.69, 9.17) is 5.11 Å². The molecular weight excluding hydrogens is 242 g/mol. The van der Waals surface area contributed by atoms with Gasteiger partial charge in [-0.1, -0.05) is 23.4 Å². The lowest BCUT2D eigenvalue weighted by molar-refractivity contribution is 0.0699. The van der Waals surface area contributed by atoms with E-state index >= 15 is 0 Å². The Morgan fingerprint density at radius 1 is 1.21 bits per heavy atom. The molecule has 1 aromatic heterocycles. The fraction of sp³-hybridized carbons (Fsp3) is 0.0714. The van der Waals surface area contributed by atoms with Gasteiger partial charge in [-0.3, -0.25) is 0 Å². The molecule has 0 saturated carbocycles. The smallest absolute Gasteiger partial charge is 0.338 e. The molecule has 0 saturated heterocycles. The van der Waals surface area contributed by atoms with E-state index < -0.39 is 5.97 Å². The topological polar surface area (TPSA) is 68.0 Å². The molecule has 19 heavy (non-hydrogen) atoms. The van der Waals surface area contributed by atoms with Crippen molar-refractivity contribution in [1.29, 1.82) is 0 Å². The fourth-order valence-electron chi connectivity index (χ4n) is 2.07. The number of hydrogen-bond donors (Lipinski definition) is 1. The first-order valence-electron chi connectivity index (χ1n) is 5.81. The standard InChI is InChI=1S/C14H11N3O2/c1-9-4-2-5-10(8-9)17-12-7-3-6-11(14(18)19)13(12)15-16-17/h2-8H,1H3,(H,18,19). The van der Waals surface area contributed by atoms with Gasteiger partial charge < -0.3 is 5.11 Å². The van der Waals surface area contributed by atoms with Crippen LogP contribution in [0.25, 0.3) is 16.7 Å². The number of aryl methyl sites for hydroxylation is 1. The molecule has 1 heterocycles. The minimum absolute atomic E-state index is 0.163. The molecule has 1 N–H and O–H groups in total. The Labute approximate surface area is 109 Å². The normalized spacial score (nSPS) is 10.8. The number of hydrogen-bond acceptors (Lipinski definition) is 3. The molecule has 0 spiro atoms. The van der Waals surface area contributed by atoms with E-state index in [-0.39, 0.29) is 5.56 Å². The maximum Gasteiger partial charge on any atom is 0.338 e. The number of carbonyl (C=O) groups is 1. The highest BCUT2D eigenvalue weighted by Crippen LogP contribution is 2.20. The number of carboxylic acids is 1. The summed E-state index contributed by atoms with van der Waals surface area (Å²) in [5.41, 5.74) is 3.22. The molecule has 2 aromatic carbocycles. The van der Waals surface area contributed by atoms with Crippen molar-refractivity contribution in [2.24, 2.45) is 0 Å². The zero-order chi connectivity index (χ0) is 13.4. The van der Waals surface area contributed by atoms with Crippen LogP contribution in [0.5, 0.6) is 0 Å². The maximum absolute atomic E-state index is 11.1. The number of nitrogens with zero attached hydrogens (tertiary/aromatic N) is 3. The van der Waals surface area contributed by atoms with Crippen LogP contribution in [0, 0.1) is 6.92 Å². The lowest BCUT2D eigenvalue weighted by Gasteiger charge is -2.03. The second-order valence-corrected chi connectivity index (χ2v) is 4.32. The van der Waals surface area contributed by atoms with Crippen LogP contribution in [0.4, 0.5) is 0 Å². The lowest BCUT2D eigenvalue weighted by Crippen LogP contribution is -1.98. The van der Waals surface area contributed by atoms with Gasteiger partial charge in [-0.15, -0.1) is 5.10 Å². The third-order valence-corrected chi connectivity index (χ3v) is 2.95. The average Bonchev–Trinajstić information content (AvgIpc) is 2.82. The third-order valence-electron chi connectivity index (χ3n) is 2.95. The second kappa shape index (κ2) is 4.20. The summed E-state index contributed by atoms with van der Waals surface area (Å²) in [6.45, 7) is 1.99. The number of rotatable bonds is 2. The summed E-state index contributed by atoms with van der Waals surface area (Å²) in [6.07, 6.45) is 0. The molecule has 3 aromatic rings. The quantitative estimate of drug-likeness (QED) is 0.761. The fourth-order valence-corrected chi connectivity index (χ4v) is 2.07. The van der Waals surface area contributed by atoms with Crippen molar-refractivity contribution in [3.63, 3.8) is 0 Å². The van der Waals surface area contributed by atoms with Gasteiger partial charge in [0.05, 0.1) is 16.8 Å². The molecule has 0 aliphatic carbocycles. The number of aromatic carboxylic acids is 1. The minimum atomic E-state index is -0.998. The summed E-state index contributed by atoms with van der Waals surface area (Å²) in [6, 6.07) is 12.8. The van der Waals surface area contributed by atoms with Crippen LogP contribution < -0.4 is 0 Å². The summed E-state index contributed by atoms with van der Waals surface area (Å²) < 4.78 is 1.65. The van der Waals surface area contributed by atoms with Gasteiger partial charge in [-0.25, -0.2) is 9.48 Å². The molecule has 0 aliphatic rings. The van der Waals surface area contributed by atoms with Crippen LogP contribution in [0.3, 0.4) is 0 Å². The number of carboxylic acid groups (broad SMARTS) is 1. The molecule has 5 heteroatoms. The van der Waals surface area contributed by atoms with Crippen LogP contribution in [0.15, 0.2) is 42.5 Å². The van der Waals surface area contributed by atoms with E-state index in [1.807, 2.05) is 37.3 Å². The molecular formula is C14H11N3O2. The van der Waals surface area contributed by atoms with Crippen LogP contribution in [0.1, 0.15) is 15.9 Å². The molecule has 0 bridgehead atoms. The van der Waals surface area contributed by atoms with E-state index in [0.29, 0.717) is 11.0 Å². The zero-order valence-electron chi connectivity index (χ0n) is 10.2. The molecule has 0 aliphatic heterocycles. The van der Waals surface area contributed by atoms with Crippen LogP contribution in [0.2, 0.25) is 0 Å². The van der Waals surface area contributed by atoms with Crippen molar-refractivity contribution < 1.29 is 9.90 Å². The minimum Gasteiger partial charge on any atom is -0.478 e. The van der Waals surface area contributed by atoms with Crippen LogP contribution in [-0.4, -0.2) is 26.1 Å². The van der Waals surface area contributed by atoms with Crippen molar-refractivity contribution in [2.75, 3.05) is 0 Å². The molecule has 3 rings (SSSR count). The van der Waals surface area contributed by atoms with Crippen LogP contribution >= 0.6 is 0 Å². The number of aromatic nitrogens is 3. The first kappa shape index (κ1) is 11.4. The summed E-state index contributed by atoms with van der Waals surface area (Å²) in [5, 5.41) is 17.2. The summed E-state index contributed by atoms with van der Waals surface area (Å²) >= 11 is 0. The van der Waals surface area contributed by atoms with E-state index in [1.54, 1.807) is 10.7 Å². The van der Waals surface area contributed by atoms with Gasteiger partial charge in [0.1, 0.15) is 5.52 Å². The van der Waals surface area contributed by atoms with E-state index in [9.17, 15) is 4.79 Å². The number of fused-ring (bicyclic) bond motifs is 1. The molecule has 5 nitrogen and oxygen atoms in total. The third kappa shape index (κ3) is 1.85. The first-order chi connectivity index (χ1) is 9.16. The summed E-state index contributed by atoms with van der Waals surface area (Å²) in [4.78, 5) is 11.1. The van der Waals surface area contributed by atoms with Crippen molar-refractivity contribution in [2.45, 2.75) is 6.92 Å². The van der Waals surface area contributed by atoms with Crippen molar-refractivity contribution >= 4 is 17.0 Å². The molecule has 0 radical (unpaired) electrons. The predicted molar refractivity (Wildman–Crippen MR) is 70.6 cm³/mol. The number of benzene rings is 2. The SMILES string of the molecule is Cc1cccc(-n2nnc3c(C(=O)O)cccc32)c1. The second-order valence-electron chi connectivity index (χ2n) is 4.32. The Bertz CT molecular complexity index is 777. The highest BCUT2D eigenvalue weighted by atomic mass is 16.4. The zero-order valence-corrected chi connectivity index (χ0v) is 10.2. The van der Waals surface area contributed by atoms with Crippen molar-refractivity contribution in [1.82, 2.24) is 15.0 Å². The monoisotopic (exact) mass is 253 g/mol. The Kier molecular flexibility index (Phi) is 2.52. The highest BCUT2D eigenvalue weighted by molar-refractivity contribution is 6.00. The largest absolute Gasteiger partial charge is 0.478 e. The summed E-state index contributed by atoms with van der Waals surface area (Å²) in [5.74, 6) is -0.998. The van der Waals surface area contributed by atoms with E-state index in [2.05, 4.69) is 10.3 Å². The molecule has 0 atom stereocenters. The van der Waals surface area contributed by atoms with Crippen molar-refractivity contribution in [3.05, 3.63) is 53.6 Å². The van der Waals surface area contributed by atoms with Gasteiger partial charge in [0, 0.05) is 0 Å². The van der Waals surface area contributed by atoms with E-state index in [0.717, 1.165) is 11.3 Å².